The average Bonchev–Trinajstić information content (AvgIpc) is 2.41. The highest BCUT2D eigenvalue weighted by molar-refractivity contribution is 7.98. The molecule has 2 aromatic rings. The van der Waals surface area contributed by atoms with Gasteiger partial charge in [-0.1, -0.05) is 6.07 Å². The zero-order chi connectivity index (χ0) is 13.0. The number of nitrogens with one attached hydrogen (secondary N) is 1. The molecule has 0 saturated carbocycles. The van der Waals surface area contributed by atoms with Crippen molar-refractivity contribution >= 4 is 29.0 Å². The Labute approximate surface area is 111 Å². The molecule has 0 radical (unpaired) electrons. The summed E-state index contributed by atoms with van der Waals surface area (Å²) in [6.45, 7) is 0. The van der Waals surface area contributed by atoms with Crippen LogP contribution < -0.4 is 15.8 Å². The van der Waals surface area contributed by atoms with Crippen LogP contribution in [0.3, 0.4) is 0 Å². The van der Waals surface area contributed by atoms with Crippen LogP contribution in [0.1, 0.15) is 0 Å². The van der Waals surface area contributed by atoms with Crippen LogP contribution in [0.2, 0.25) is 0 Å². The number of rotatable bonds is 4. The fraction of sp³-hybridized carbons (Fsp3) is 0.154. The van der Waals surface area contributed by atoms with Crippen LogP contribution in [0, 0.1) is 0 Å². The van der Waals surface area contributed by atoms with E-state index in [-0.39, 0.29) is 0 Å². The summed E-state index contributed by atoms with van der Waals surface area (Å²) < 4.78 is 5.09. The summed E-state index contributed by atoms with van der Waals surface area (Å²) in [7, 11) is 1.55. The molecule has 0 saturated heterocycles. The van der Waals surface area contributed by atoms with Crippen molar-refractivity contribution < 1.29 is 4.74 Å². The van der Waals surface area contributed by atoms with Gasteiger partial charge in [0.05, 0.1) is 12.8 Å². The molecule has 0 aliphatic rings. The van der Waals surface area contributed by atoms with Gasteiger partial charge in [-0.25, -0.2) is 0 Å². The second kappa shape index (κ2) is 5.64. The number of hydrogen-bond acceptors (Lipinski definition) is 5. The molecule has 94 valence electrons. The van der Waals surface area contributed by atoms with Crippen LogP contribution in [-0.4, -0.2) is 18.3 Å². The second-order valence-electron chi connectivity index (χ2n) is 3.65. The van der Waals surface area contributed by atoms with Crippen molar-refractivity contribution in [1.29, 1.82) is 0 Å². The Morgan fingerprint density at radius 3 is 2.83 bits per heavy atom. The lowest BCUT2D eigenvalue weighted by Crippen LogP contribution is -1.99. The zero-order valence-electron chi connectivity index (χ0n) is 10.3. The largest absolute Gasteiger partial charge is 0.479 e. The summed E-state index contributed by atoms with van der Waals surface area (Å²) in [4.78, 5) is 5.47. The molecule has 18 heavy (non-hydrogen) atoms. The van der Waals surface area contributed by atoms with Gasteiger partial charge in [-0.3, -0.25) is 0 Å². The summed E-state index contributed by atoms with van der Waals surface area (Å²) in [5.74, 6) is 1.14. The standard InChI is InChI=1S/C13H15N3OS/c1-17-13-11(14)6-7-12(16-13)15-9-4-3-5-10(8-9)18-2/h3-8H,14H2,1-2H3,(H,15,16). The molecule has 0 atom stereocenters. The summed E-state index contributed by atoms with van der Waals surface area (Å²) in [6, 6.07) is 11.7. The molecule has 1 aromatic heterocycles. The smallest absolute Gasteiger partial charge is 0.238 e. The zero-order valence-corrected chi connectivity index (χ0v) is 11.1. The van der Waals surface area contributed by atoms with Gasteiger partial charge in [-0.05, 0) is 36.6 Å². The Morgan fingerprint density at radius 1 is 1.28 bits per heavy atom. The summed E-state index contributed by atoms with van der Waals surface area (Å²) in [5, 5.41) is 3.22. The van der Waals surface area contributed by atoms with Crippen LogP contribution in [0.15, 0.2) is 41.3 Å². The predicted octanol–water partition coefficient (Wildman–Crippen LogP) is 3.14. The SMILES string of the molecule is COc1nc(Nc2cccc(SC)c2)ccc1N. The van der Waals surface area contributed by atoms with Crippen molar-refractivity contribution in [1.82, 2.24) is 4.98 Å². The highest BCUT2D eigenvalue weighted by Crippen LogP contribution is 2.24. The number of nitrogens with zero attached hydrogens (tertiary/aromatic N) is 1. The van der Waals surface area contributed by atoms with E-state index < -0.39 is 0 Å². The molecule has 0 bridgehead atoms. The molecule has 0 aliphatic carbocycles. The molecule has 1 heterocycles. The lowest BCUT2D eigenvalue weighted by Gasteiger charge is -2.09. The van der Waals surface area contributed by atoms with E-state index in [0.29, 0.717) is 17.4 Å². The minimum atomic E-state index is 0.432. The Bertz CT molecular complexity index is 546. The first kappa shape index (κ1) is 12.6. The van der Waals surface area contributed by atoms with E-state index in [1.54, 1.807) is 24.9 Å². The van der Waals surface area contributed by atoms with Crippen molar-refractivity contribution in [2.24, 2.45) is 0 Å². The molecule has 0 aliphatic heterocycles. The molecule has 0 unspecified atom stereocenters. The number of methoxy groups -OCH3 is 1. The van der Waals surface area contributed by atoms with Crippen LogP contribution >= 0.6 is 11.8 Å². The van der Waals surface area contributed by atoms with Crippen molar-refractivity contribution in [2.75, 3.05) is 24.4 Å². The molecule has 1 aromatic carbocycles. The third kappa shape index (κ3) is 2.87. The summed E-state index contributed by atoms with van der Waals surface area (Å²) in [5.41, 5.74) is 7.24. The monoisotopic (exact) mass is 261 g/mol. The second-order valence-corrected chi connectivity index (χ2v) is 4.53. The van der Waals surface area contributed by atoms with Gasteiger partial charge in [0.15, 0.2) is 0 Å². The number of anilines is 3. The maximum Gasteiger partial charge on any atom is 0.238 e. The number of nitrogen functional groups attached to an aromatic ring is 1. The number of benzene rings is 1. The van der Waals surface area contributed by atoms with Crippen molar-refractivity contribution in [3.05, 3.63) is 36.4 Å². The van der Waals surface area contributed by atoms with E-state index in [0.717, 1.165) is 5.69 Å². The molecule has 0 spiro atoms. The summed E-state index contributed by atoms with van der Waals surface area (Å²) >= 11 is 1.70. The maximum absolute atomic E-state index is 5.72. The van der Waals surface area contributed by atoms with E-state index in [1.807, 2.05) is 24.5 Å². The Hall–Kier alpha value is -1.88. The highest BCUT2D eigenvalue weighted by Gasteiger charge is 2.03. The number of thioether (sulfide) groups is 1. The van der Waals surface area contributed by atoms with Gasteiger partial charge < -0.3 is 15.8 Å². The van der Waals surface area contributed by atoms with E-state index in [2.05, 4.69) is 22.4 Å². The molecule has 2 rings (SSSR count). The van der Waals surface area contributed by atoms with E-state index >= 15 is 0 Å². The van der Waals surface area contributed by atoms with Gasteiger partial charge in [0.25, 0.3) is 0 Å². The number of hydrogen-bond donors (Lipinski definition) is 2. The molecule has 0 amide bonds. The maximum atomic E-state index is 5.72. The first-order valence-electron chi connectivity index (χ1n) is 5.44. The number of pyridine rings is 1. The average molecular weight is 261 g/mol. The molecular formula is C13H15N3OS. The Morgan fingerprint density at radius 2 is 2.11 bits per heavy atom. The van der Waals surface area contributed by atoms with Gasteiger partial charge in [0, 0.05) is 10.6 Å². The molecular weight excluding hydrogens is 246 g/mol. The third-order valence-corrected chi connectivity index (χ3v) is 3.15. The normalized spacial score (nSPS) is 10.1. The van der Waals surface area contributed by atoms with Crippen LogP contribution in [0.5, 0.6) is 5.88 Å². The lowest BCUT2D eigenvalue weighted by molar-refractivity contribution is 0.401. The van der Waals surface area contributed by atoms with Gasteiger partial charge in [0.2, 0.25) is 5.88 Å². The van der Waals surface area contributed by atoms with Gasteiger partial charge in [-0.2, -0.15) is 4.98 Å². The fourth-order valence-corrected chi connectivity index (χ4v) is 1.99. The highest BCUT2D eigenvalue weighted by atomic mass is 32.2. The Balaban J connectivity index is 2.22. The molecule has 4 nitrogen and oxygen atoms in total. The van der Waals surface area contributed by atoms with Crippen LogP contribution in [0.4, 0.5) is 17.2 Å². The predicted molar refractivity (Wildman–Crippen MR) is 76.7 cm³/mol. The molecule has 5 heteroatoms. The van der Waals surface area contributed by atoms with Crippen LogP contribution in [0.25, 0.3) is 0 Å². The minimum absolute atomic E-state index is 0.432. The van der Waals surface area contributed by atoms with Gasteiger partial charge in [-0.15, -0.1) is 11.8 Å². The quantitative estimate of drug-likeness (QED) is 0.828. The topological polar surface area (TPSA) is 60.2 Å². The third-order valence-electron chi connectivity index (χ3n) is 2.43. The number of aromatic nitrogens is 1. The first-order chi connectivity index (χ1) is 8.72. The fourth-order valence-electron chi connectivity index (χ4n) is 1.53. The molecule has 0 fully saturated rings. The van der Waals surface area contributed by atoms with Gasteiger partial charge in [0.1, 0.15) is 5.82 Å². The van der Waals surface area contributed by atoms with Crippen molar-refractivity contribution in [3.63, 3.8) is 0 Å². The Kier molecular flexibility index (Phi) is 3.94. The van der Waals surface area contributed by atoms with Crippen LogP contribution in [-0.2, 0) is 0 Å². The van der Waals surface area contributed by atoms with Crippen molar-refractivity contribution in [3.8, 4) is 5.88 Å². The van der Waals surface area contributed by atoms with Crippen molar-refractivity contribution in [2.45, 2.75) is 4.90 Å². The first-order valence-corrected chi connectivity index (χ1v) is 6.67. The number of nitrogens with two attached hydrogens (primary N) is 1. The lowest BCUT2D eigenvalue weighted by atomic mass is 10.3. The van der Waals surface area contributed by atoms with Gasteiger partial charge >= 0.3 is 0 Å². The minimum Gasteiger partial charge on any atom is -0.479 e. The summed E-state index contributed by atoms with van der Waals surface area (Å²) in [6.07, 6.45) is 2.05. The van der Waals surface area contributed by atoms with E-state index in [1.165, 1.54) is 4.90 Å². The van der Waals surface area contributed by atoms with E-state index in [4.69, 9.17) is 10.5 Å². The number of ether oxygens (including phenoxy) is 1. The van der Waals surface area contributed by atoms with E-state index in [9.17, 15) is 0 Å². The molecule has 3 N–H and O–H groups in total.